The molecule has 0 fully saturated rings. The Morgan fingerprint density at radius 1 is 1.26 bits per heavy atom. The molecule has 1 aromatic carbocycles. The highest BCUT2D eigenvalue weighted by Crippen LogP contribution is 2.28. The van der Waals surface area contributed by atoms with Gasteiger partial charge < -0.3 is 9.73 Å². The molecule has 0 atom stereocenters. The fraction of sp³-hybridized carbons (Fsp3) is 0.158. The number of furan rings is 1. The average molecular weight is 380 g/mol. The number of para-hydroxylation sites is 1. The van der Waals surface area contributed by atoms with Crippen LogP contribution in [0.4, 0.5) is 0 Å². The van der Waals surface area contributed by atoms with Crippen molar-refractivity contribution in [2.24, 2.45) is 0 Å². The highest BCUT2D eigenvalue weighted by Gasteiger charge is 2.13. The molecule has 7 nitrogen and oxygen atoms in total. The summed E-state index contributed by atoms with van der Waals surface area (Å²) >= 11 is 1.47. The van der Waals surface area contributed by atoms with E-state index in [1.54, 1.807) is 24.5 Å². The maximum Gasteiger partial charge on any atom is 0.261 e. The topological polar surface area (TPSA) is 90.0 Å². The molecule has 3 heterocycles. The molecule has 0 bridgehead atoms. The van der Waals surface area contributed by atoms with Crippen molar-refractivity contribution in [1.29, 1.82) is 0 Å². The van der Waals surface area contributed by atoms with Gasteiger partial charge in [0.05, 0.1) is 35.7 Å². The minimum absolute atomic E-state index is 0.0838. The average Bonchev–Trinajstić information content (AvgIpc) is 3.32. The quantitative estimate of drug-likeness (QED) is 0.575. The number of fused-ring (bicyclic) bond motifs is 1. The predicted octanol–water partition coefficient (Wildman–Crippen LogP) is 2.74. The first-order valence-electron chi connectivity index (χ1n) is 8.33. The first kappa shape index (κ1) is 17.2. The van der Waals surface area contributed by atoms with Crippen LogP contribution >= 0.6 is 11.3 Å². The maximum atomic E-state index is 12.5. The number of thiazole rings is 1. The molecule has 0 unspecified atom stereocenters. The number of hydrogen-bond donors (Lipinski definition) is 1. The van der Waals surface area contributed by atoms with E-state index in [-0.39, 0.29) is 18.0 Å². The van der Waals surface area contributed by atoms with Crippen molar-refractivity contribution >= 4 is 28.1 Å². The number of aryl methyl sites for hydroxylation is 1. The molecule has 0 aliphatic heterocycles. The van der Waals surface area contributed by atoms with Crippen LogP contribution in [-0.4, -0.2) is 20.4 Å². The van der Waals surface area contributed by atoms with Gasteiger partial charge in [-0.05, 0) is 31.2 Å². The van der Waals surface area contributed by atoms with Crippen LogP contribution in [0.25, 0.3) is 21.7 Å². The van der Waals surface area contributed by atoms with E-state index in [9.17, 15) is 9.59 Å². The number of amides is 1. The van der Waals surface area contributed by atoms with Gasteiger partial charge in [-0.25, -0.2) is 9.97 Å². The Labute approximate surface area is 158 Å². The van der Waals surface area contributed by atoms with Gasteiger partial charge in [-0.3, -0.25) is 14.2 Å². The Morgan fingerprint density at radius 3 is 2.93 bits per heavy atom. The van der Waals surface area contributed by atoms with E-state index in [1.807, 2.05) is 25.1 Å². The summed E-state index contributed by atoms with van der Waals surface area (Å²) in [6, 6.07) is 10.7. The third-order valence-corrected chi connectivity index (χ3v) is 5.29. The molecule has 4 rings (SSSR count). The van der Waals surface area contributed by atoms with E-state index in [0.29, 0.717) is 23.2 Å². The van der Waals surface area contributed by atoms with Crippen LogP contribution in [0.1, 0.15) is 10.6 Å². The minimum Gasteiger partial charge on any atom is -0.462 e. The monoisotopic (exact) mass is 380 g/mol. The number of rotatable bonds is 5. The zero-order chi connectivity index (χ0) is 18.8. The van der Waals surface area contributed by atoms with Crippen LogP contribution in [0.5, 0.6) is 0 Å². The van der Waals surface area contributed by atoms with Crippen LogP contribution < -0.4 is 10.9 Å². The normalized spacial score (nSPS) is 11.0. The number of carbonyl (C=O) groups excluding carboxylic acids is 1. The van der Waals surface area contributed by atoms with Crippen molar-refractivity contribution < 1.29 is 9.21 Å². The first-order chi connectivity index (χ1) is 13.1. The molecule has 0 aliphatic rings. The van der Waals surface area contributed by atoms with E-state index >= 15 is 0 Å². The Kier molecular flexibility index (Phi) is 4.55. The van der Waals surface area contributed by atoms with Gasteiger partial charge in [0.2, 0.25) is 5.91 Å². The van der Waals surface area contributed by atoms with Gasteiger partial charge in [0.15, 0.2) is 10.8 Å². The second-order valence-corrected chi connectivity index (χ2v) is 7.06. The fourth-order valence-corrected chi connectivity index (χ4v) is 3.68. The molecule has 1 amide bonds. The molecule has 1 N–H and O–H groups in total. The summed E-state index contributed by atoms with van der Waals surface area (Å²) in [4.78, 5) is 34.4. The van der Waals surface area contributed by atoms with Crippen molar-refractivity contribution in [2.45, 2.75) is 20.0 Å². The summed E-state index contributed by atoms with van der Waals surface area (Å²) < 4.78 is 6.67. The van der Waals surface area contributed by atoms with Crippen molar-refractivity contribution in [3.05, 3.63) is 69.9 Å². The molecule has 8 heteroatoms. The van der Waals surface area contributed by atoms with Crippen molar-refractivity contribution in [1.82, 2.24) is 19.9 Å². The van der Waals surface area contributed by atoms with Gasteiger partial charge in [-0.15, -0.1) is 11.3 Å². The molecule has 0 saturated heterocycles. The molecular formula is C19H16N4O3S. The van der Waals surface area contributed by atoms with Crippen molar-refractivity contribution in [3.63, 3.8) is 0 Å². The van der Waals surface area contributed by atoms with Gasteiger partial charge in [0.1, 0.15) is 6.54 Å². The van der Waals surface area contributed by atoms with E-state index in [4.69, 9.17) is 4.42 Å². The SMILES string of the molecule is Cc1nc(-c2ccco2)sc1CNC(=O)Cn1cnc2ccccc2c1=O. The maximum absolute atomic E-state index is 12.5. The summed E-state index contributed by atoms with van der Waals surface area (Å²) in [5, 5.41) is 4.10. The Bertz CT molecular complexity index is 1160. The molecule has 0 aliphatic carbocycles. The van der Waals surface area contributed by atoms with Crippen molar-refractivity contribution in [3.8, 4) is 10.8 Å². The first-order valence-corrected chi connectivity index (χ1v) is 9.14. The number of benzene rings is 1. The van der Waals surface area contributed by atoms with Crippen LogP contribution in [0.2, 0.25) is 0 Å². The van der Waals surface area contributed by atoms with Gasteiger partial charge in [-0.2, -0.15) is 0 Å². The number of nitrogens with zero attached hydrogens (tertiary/aromatic N) is 3. The van der Waals surface area contributed by atoms with E-state index in [2.05, 4.69) is 15.3 Å². The summed E-state index contributed by atoms with van der Waals surface area (Å²) in [5.74, 6) is 0.441. The summed E-state index contributed by atoms with van der Waals surface area (Å²) in [6.07, 6.45) is 3.00. The molecule has 136 valence electrons. The zero-order valence-electron chi connectivity index (χ0n) is 14.5. The molecule has 0 saturated carbocycles. The van der Waals surface area contributed by atoms with Gasteiger partial charge in [-0.1, -0.05) is 12.1 Å². The van der Waals surface area contributed by atoms with Gasteiger partial charge >= 0.3 is 0 Å². The summed E-state index contributed by atoms with van der Waals surface area (Å²) in [6.45, 7) is 2.15. The lowest BCUT2D eigenvalue weighted by Gasteiger charge is -2.07. The number of nitrogens with one attached hydrogen (secondary N) is 1. The van der Waals surface area contributed by atoms with E-state index in [0.717, 1.165) is 15.6 Å². The van der Waals surface area contributed by atoms with Crippen LogP contribution in [0.15, 0.2) is 58.2 Å². The zero-order valence-corrected chi connectivity index (χ0v) is 15.3. The van der Waals surface area contributed by atoms with Crippen molar-refractivity contribution in [2.75, 3.05) is 0 Å². The molecule has 3 aromatic heterocycles. The lowest BCUT2D eigenvalue weighted by molar-refractivity contribution is -0.121. The minimum atomic E-state index is -0.262. The summed E-state index contributed by atoms with van der Waals surface area (Å²) in [7, 11) is 0. The molecule has 27 heavy (non-hydrogen) atoms. The second-order valence-electron chi connectivity index (χ2n) is 5.98. The third kappa shape index (κ3) is 3.52. The lowest BCUT2D eigenvalue weighted by atomic mass is 10.2. The number of carbonyl (C=O) groups is 1. The Hall–Kier alpha value is -3.26. The van der Waals surface area contributed by atoms with Crippen LogP contribution in [-0.2, 0) is 17.9 Å². The molecule has 0 radical (unpaired) electrons. The smallest absolute Gasteiger partial charge is 0.261 e. The standard InChI is InChI=1S/C19H16N4O3S/c1-12-16(27-18(22-12)15-7-4-8-26-15)9-20-17(24)10-23-11-21-14-6-3-2-5-13(14)19(23)25/h2-8,11H,9-10H2,1H3,(H,20,24). The molecule has 4 aromatic rings. The third-order valence-electron chi connectivity index (χ3n) is 4.12. The lowest BCUT2D eigenvalue weighted by Crippen LogP contribution is -2.32. The van der Waals surface area contributed by atoms with E-state index in [1.165, 1.54) is 22.2 Å². The predicted molar refractivity (Wildman–Crippen MR) is 102 cm³/mol. The van der Waals surface area contributed by atoms with Gasteiger partial charge in [0.25, 0.3) is 5.56 Å². The Balaban J connectivity index is 1.45. The molecule has 0 spiro atoms. The van der Waals surface area contributed by atoms with Crippen LogP contribution in [0.3, 0.4) is 0 Å². The Morgan fingerprint density at radius 2 is 2.11 bits per heavy atom. The highest BCUT2D eigenvalue weighted by atomic mass is 32.1. The van der Waals surface area contributed by atoms with Crippen LogP contribution in [0, 0.1) is 6.92 Å². The fourth-order valence-electron chi connectivity index (χ4n) is 2.71. The second kappa shape index (κ2) is 7.16. The number of hydrogen-bond acceptors (Lipinski definition) is 6. The largest absolute Gasteiger partial charge is 0.462 e. The highest BCUT2D eigenvalue weighted by molar-refractivity contribution is 7.15. The van der Waals surface area contributed by atoms with E-state index < -0.39 is 0 Å². The molecular weight excluding hydrogens is 364 g/mol. The number of aromatic nitrogens is 3. The van der Waals surface area contributed by atoms with Gasteiger partial charge in [0, 0.05) is 4.88 Å². The summed E-state index contributed by atoms with van der Waals surface area (Å²) in [5.41, 5.74) is 1.23.